The molecule has 1 amide bonds. The van der Waals surface area contributed by atoms with Gasteiger partial charge in [0.1, 0.15) is 5.69 Å². The maximum Gasteiger partial charge on any atom is 0.271 e. The van der Waals surface area contributed by atoms with Gasteiger partial charge in [0.05, 0.1) is 6.20 Å². The third-order valence-corrected chi connectivity index (χ3v) is 2.76. The van der Waals surface area contributed by atoms with Crippen LogP contribution in [0.5, 0.6) is 0 Å². The molecule has 0 aliphatic carbocycles. The lowest BCUT2D eigenvalue weighted by Crippen LogP contribution is -2.29. The highest BCUT2D eigenvalue weighted by Crippen LogP contribution is 2.02. The Kier molecular flexibility index (Phi) is 5.10. The monoisotopic (exact) mass is 225 g/mol. The summed E-state index contributed by atoms with van der Waals surface area (Å²) in [6, 6.07) is 0. The van der Waals surface area contributed by atoms with E-state index in [9.17, 15) is 4.79 Å². The zero-order valence-corrected chi connectivity index (χ0v) is 9.75. The van der Waals surface area contributed by atoms with E-state index in [1.54, 1.807) is 18.0 Å². The summed E-state index contributed by atoms with van der Waals surface area (Å²) < 4.78 is 0. The number of amides is 1. The Morgan fingerprint density at radius 1 is 1.60 bits per heavy atom. The van der Waals surface area contributed by atoms with E-state index >= 15 is 0 Å². The van der Waals surface area contributed by atoms with Crippen LogP contribution in [0.15, 0.2) is 18.6 Å². The van der Waals surface area contributed by atoms with Crippen molar-refractivity contribution >= 4 is 17.7 Å². The fraction of sp³-hybridized carbons (Fsp3) is 0.500. The van der Waals surface area contributed by atoms with Gasteiger partial charge in [-0.2, -0.15) is 11.8 Å². The molecule has 0 radical (unpaired) electrons. The van der Waals surface area contributed by atoms with Crippen LogP contribution in [0.25, 0.3) is 0 Å². The van der Waals surface area contributed by atoms with Crippen LogP contribution in [0.4, 0.5) is 0 Å². The van der Waals surface area contributed by atoms with Crippen LogP contribution in [0.3, 0.4) is 0 Å². The van der Waals surface area contributed by atoms with Crippen LogP contribution < -0.4 is 5.32 Å². The average Bonchev–Trinajstić information content (AvgIpc) is 2.27. The SMILES string of the molecule is CSCC(C)CNC(=O)c1cnccn1. The van der Waals surface area contributed by atoms with Gasteiger partial charge in [0.25, 0.3) is 5.91 Å². The molecule has 0 saturated carbocycles. The lowest BCUT2D eigenvalue weighted by molar-refractivity contribution is 0.0944. The third kappa shape index (κ3) is 4.29. The van der Waals surface area contributed by atoms with Crippen molar-refractivity contribution < 1.29 is 4.79 Å². The van der Waals surface area contributed by atoms with E-state index < -0.39 is 0 Å². The fourth-order valence-corrected chi connectivity index (χ4v) is 1.80. The third-order valence-electron chi connectivity index (χ3n) is 1.86. The van der Waals surface area contributed by atoms with Crippen LogP contribution in [0, 0.1) is 5.92 Å². The highest BCUT2D eigenvalue weighted by molar-refractivity contribution is 7.98. The Morgan fingerprint density at radius 2 is 2.40 bits per heavy atom. The van der Waals surface area contributed by atoms with Crippen LogP contribution >= 0.6 is 11.8 Å². The smallest absolute Gasteiger partial charge is 0.271 e. The second-order valence-electron chi connectivity index (χ2n) is 3.36. The fourth-order valence-electron chi connectivity index (χ4n) is 1.12. The van der Waals surface area contributed by atoms with E-state index in [1.807, 2.05) is 0 Å². The lowest BCUT2D eigenvalue weighted by atomic mass is 10.2. The Labute approximate surface area is 93.9 Å². The minimum absolute atomic E-state index is 0.156. The number of rotatable bonds is 5. The van der Waals surface area contributed by atoms with Gasteiger partial charge in [-0.1, -0.05) is 6.92 Å². The van der Waals surface area contributed by atoms with Gasteiger partial charge >= 0.3 is 0 Å². The Morgan fingerprint density at radius 3 is 3.00 bits per heavy atom. The van der Waals surface area contributed by atoms with E-state index in [2.05, 4.69) is 28.5 Å². The number of hydrogen-bond acceptors (Lipinski definition) is 4. The molecule has 1 heterocycles. The van der Waals surface area contributed by atoms with E-state index in [-0.39, 0.29) is 5.91 Å². The number of carbonyl (C=O) groups is 1. The summed E-state index contributed by atoms with van der Waals surface area (Å²) in [5.41, 5.74) is 0.369. The van der Waals surface area contributed by atoms with Gasteiger partial charge in [0.2, 0.25) is 0 Å². The molecule has 4 nitrogen and oxygen atoms in total. The molecule has 1 aromatic rings. The second kappa shape index (κ2) is 6.40. The van der Waals surface area contributed by atoms with Gasteiger partial charge in [-0.05, 0) is 17.9 Å². The molecule has 1 atom stereocenters. The van der Waals surface area contributed by atoms with Crippen LogP contribution in [-0.4, -0.2) is 34.4 Å². The quantitative estimate of drug-likeness (QED) is 0.818. The number of hydrogen-bond donors (Lipinski definition) is 1. The van der Waals surface area contributed by atoms with E-state index in [4.69, 9.17) is 0 Å². The highest BCUT2D eigenvalue weighted by Gasteiger charge is 2.08. The van der Waals surface area contributed by atoms with Crippen LogP contribution in [0.2, 0.25) is 0 Å². The first-order chi connectivity index (χ1) is 7.24. The van der Waals surface area contributed by atoms with Gasteiger partial charge in [0.15, 0.2) is 0 Å². The molecule has 0 bridgehead atoms. The van der Waals surface area contributed by atoms with Gasteiger partial charge < -0.3 is 5.32 Å². The molecule has 0 aromatic carbocycles. The minimum atomic E-state index is -0.156. The van der Waals surface area contributed by atoms with Crippen molar-refractivity contribution in [1.29, 1.82) is 0 Å². The molecule has 1 rings (SSSR count). The second-order valence-corrected chi connectivity index (χ2v) is 4.27. The standard InChI is InChI=1S/C10H15N3OS/c1-8(7-15-2)5-13-10(14)9-6-11-3-4-12-9/h3-4,6,8H,5,7H2,1-2H3,(H,13,14). The first-order valence-corrected chi connectivity index (χ1v) is 6.16. The van der Waals surface area contributed by atoms with Crippen molar-refractivity contribution in [3.8, 4) is 0 Å². The van der Waals surface area contributed by atoms with Gasteiger partial charge in [-0.15, -0.1) is 0 Å². The predicted octanol–water partition coefficient (Wildman–Crippen LogP) is 1.21. The van der Waals surface area contributed by atoms with Gasteiger partial charge in [-0.3, -0.25) is 9.78 Å². The van der Waals surface area contributed by atoms with Crippen molar-refractivity contribution in [3.05, 3.63) is 24.3 Å². The number of aromatic nitrogens is 2. The van der Waals surface area contributed by atoms with Crippen molar-refractivity contribution in [2.45, 2.75) is 6.92 Å². The molecule has 0 spiro atoms. The van der Waals surface area contributed by atoms with Crippen molar-refractivity contribution in [2.75, 3.05) is 18.6 Å². The minimum Gasteiger partial charge on any atom is -0.350 e. The Bertz CT molecular complexity index is 305. The Hall–Kier alpha value is -1.10. The first kappa shape index (κ1) is 12.0. The average molecular weight is 225 g/mol. The molecule has 0 aliphatic rings. The summed E-state index contributed by atoms with van der Waals surface area (Å²) in [5, 5.41) is 2.83. The maximum absolute atomic E-state index is 11.5. The van der Waals surface area contributed by atoms with Gasteiger partial charge in [0, 0.05) is 18.9 Å². The normalized spacial score (nSPS) is 12.1. The molecule has 1 unspecified atom stereocenters. The van der Waals surface area contributed by atoms with Crippen molar-refractivity contribution in [3.63, 3.8) is 0 Å². The molecule has 0 aliphatic heterocycles. The number of nitrogens with one attached hydrogen (secondary N) is 1. The molecule has 15 heavy (non-hydrogen) atoms. The van der Waals surface area contributed by atoms with E-state index in [1.165, 1.54) is 12.4 Å². The summed E-state index contributed by atoms with van der Waals surface area (Å²) in [6.07, 6.45) is 6.59. The summed E-state index contributed by atoms with van der Waals surface area (Å²) in [4.78, 5) is 19.3. The molecule has 1 aromatic heterocycles. The molecule has 1 N–H and O–H groups in total. The first-order valence-electron chi connectivity index (χ1n) is 4.77. The summed E-state index contributed by atoms with van der Waals surface area (Å²) in [6.45, 7) is 2.78. The maximum atomic E-state index is 11.5. The number of carbonyl (C=O) groups excluding carboxylic acids is 1. The highest BCUT2D eigenvalue weighted by atomic mass is 32.2. The van der Waals surface area contributed by atoms with Crippen LogP contribution in [0.1, 0.15) is 17.4 Å². The van der Waals surface area contributed by atoms with E-state index in [0.717, 1.165) is 5.75 Å². The predicted molar refractivity (Wildman–Crippen MR) is 61.9 cm³/mol. The topological polar surface area (TPSA) is 54.9 Å². The molecule has 82 valence electrons. The summed E-state index contributed by atoms with van der Waals surface area (Å²) >= 11 is 1.78. The largest absolute Gasteiger partial charge is 0.350 e. The molecule has 0 saturated heterocycles. The number of nitrogens with zero attached hydrogens (tertiary/aromatic N) is 2. The lowest BCUT2D eigenvalue weighted by Gasteiger charge is -2.10. The zero-order chi connectivity index (χ0) is 11.1. The zero-order valence-electron chi connectivity index (χ0n) is 8.93. The van der Waals surface area contributed by atoms with Gasteiger partial charge in [-0.25, -0.2) is 4.98 Å². The van der Waals surface area contributed by atoms with Crippen molar-refractivity contribution in [2.24, 2.45) is 5.92 Å². The number of thioether (sulfide) groups is 1. The van der Waals surface area contributed by atoms with Crippen LogP contribution in [-0.2, 0) is 0 Å². The summed E-state index contributed by atoms with van der Waals surface area (Å²) in [7, 11) is 0. The molecule has 5 heteroatoms. The van der Waals surface area contributed by atoms with E-state index in [0.29, 0.717) is 18.2 Å². The molecular weight excluding hydrogens is 210 g/mol. The molecular formula is C10H15N3OS. The molecule has 0 fully saturated rings. The van der Waals surface area contributed by atoms with Crippen molar-refractivity contribution in [1.82, 2.24) is 15.3 Å². The summed E-state index contributed by atoms with van der Waals surface area (Å²) in [5.74, 6) is 1.36. The Balaban J connectivity index is 2.37.